The molecule has 1 aliphatic heterocycles. The van der Waals surface area contributed by atoms with Gasteiger partial charge in [-0.15, -0.1) is 0 Å². The largest absolute Gasteiger partial charge is 0.280 e. The van der Waals surface area contributed by atoms with Gasteiger partial charge >= 0.3 is 0 Å². The van der Waals surface area contributed by atoms with Crippen molar-refractivity contribution in [3.8, 4) is 0 Å². The van der Waals surface area contributed by atoms with Crippen LogP contribution in [0.2, 0.25) is 0 Å². The van der Waals surface area contributed by atoms with Crippen molar-refractivity contribution in [2.24, 2.45) is 10.2 Å². The standard InChI is InChI=1S/C17H14BrN3O3S/c1-11-16(10-12-3-2-4-13(18)9-12)17(22)21(20-11)14-5-7-15(8-6-14)25(19,23)24/h2-10H,1H3,(H2,19,23,24). The van der Waals surface area contributed by atoms with Crippen molar-refractivity contribution in [3.63, 3.8) is 0 Å². The number of primary sulfonamides is 1. The zero-order valence-corrected chi connectivity index (χ0v) is 15.6. The summed E-state index contributed by atoms with van der Waals surface area (Å²) in [7, 11) is -3.78. The van der Waals surface area contributed by atoms with Crippen molar-refractivity contribution in [1.82, 2.24) is 0 Å². The molecular weight excluding hydrogens is 406 g/mol. The molecule has 0 spiro atoms. The third-order valence-electron chi connectivity index (χ3n) is 3.63. The first-order valence-electron chi connectivity index (χ1n) is 7.26. The van der Waals surface area contributed by atoms with Gasteiger partial charge in [-0.1, -0.05) is 28.1 Å². The molecule has 0 aliphatic carbocycles. The minimum atomic E-state index is -3.78. The summed E-state index contributed by atoms with van der Waals surface area (Å²) in [6.45, 7) is 1.75. The third-order valence-corrected chi connectivity index (χ3v) is 5.05. The molecule has 0 unspecified atom stereocenters. The topological polar surface area (TPSA) is 92.8 Å². The van der Waals surface area contributed by atoms with Crippen LogP contribution in [0.5, 0.6) is 0 Å². The third kappa shape index (κ3) is 3.71. The SMILES string of the molecule is CC1=NN(c2ccc(S(N)(=O)=O)cc2)C(=O)C1=Cc1cccc(Br)c1. The van der Waals surface area contributed by atoms with Crippen LogP contribution in [0.3, 0.4) is 0 Å². The van der Waals surface area contributed by atoms with Gasteiger partial charge in [0.25, 0.3) is 5.91 Å². The number of carbonyl (C=O) groups excluding carboxylic acids is 1. The maximum atomic E-state index is 12.7. The molecule has 6 nitrogen and oxygen atoms in total. The molecule has 0 aromatic heterocycles. The molecule has 0 radical (unpaired) electrons. The normalized spacial score (nSPS) is 16.4. The Hall–Kier alpha value is -2.29. The summed E-state index contributed by atoms with van der Waals surface area (Å²) < 4.78 is 23.6. The van der Waals surface area contributed by atoms with E-state index < -0.39 is 10.0 Å². The van der Waals surface area contributed by atoms with Crippen LogP contribution in [0.1, 0.15) is 12.5 Å². The van der Waals surface area contributed by atoms with Gasteiger partial charge < -0.3 is 0 Å². The minimum absolute atomic E-state index is 0.0199. The zero-order valence-electron chi connectivity index (χ0n) is 13.2. The highest BCUT2D eigenvalue weighted by molar-refractivity contribution is 9.10. The lowest BCUT2D eigenvalue weighted by Gasteiger charge is -2.12. The fraction of sp³-hybridized carbons (Fsp3) is 0.0588. The number of benzene rings is 2. The van der Waals surface area contributed by atoms with Crippen LogP contribution >= 0.6 is 15.9 Å². The Morgan fingerprint density at radius 1 is 1.16 bits per heavy atom. The lowest BCUT2D eigenvalue weighted by molar-refractivity contribution is -0.114. The molecule has 128 valence electrons. The molecule has 2 aromatic rings. The van der Waals surface area contributed by atoms with E-state index in [1.807, 2.05) is 24.3 Å². The van der Waals surface area contributed by atoms with Gasteiger partial charge in [0, 0.05) is 4.47 Å². The molecule has 25 heavy (non-hydrogen) atoms. The smallest absolute Gasteiger partial charge is 0.267 e. The number of rotatable bonds is 3. The molecule has 8 heteroatoms. The first kappa shape index (κ1) is 17.5. The molecule has 1 aliphatic rings. The highest BCUT2D eigenvalue weighted by Gasteiger charge is 2.28. The van der Waals surface area contributed by atoms with Crippen molar-refractivity contribution >= 4 is 49.3 Å². The number of anilines is 1. The van der Waals surface area contributed by atoms with E-state index in [-0.39, 0.29) is 10.8 Å². The maximum absolute atomic E-state index is 12.7. The number of hydrogen-bond acceptors (Lipinski definition) is 4. The Bertz CT molecular complexity index is 1010. The molecule has 0 bridgehead atoms. The van der Waals surface area contributed by atoms with Gasteiger partial charge in [-0.05, 0) is 55.0 Å². The summed E-state index contributed by atoms with van der Waals surface area (Å²) >= 11 is 3.40. The summed E-state index contributed by atoms with van der Waals surface area (Å²) in [6.07, 6.45) is 1.77. The maximum Gasteiger partial charge on any atom is 0.280 e. The summed E-state index contributed by atoms with van der Waals surface area (Å²) in [6, 6.07) is 13.3. The summed E-state index contributed by atoms with van der Waals surface area (Å²) in [5.74, 6) is -0.277. The van der Waals surface area contributed by atoms with Crippen molar-refractivity contribution in [2.45, 2.75) is 11.8 Å². The summed E-state index contributed by atoms with van der Waals surface area (Å²) in [4.78, 5) is 12.7. The van der Waals surface area contributed by atoms with Crippen molar-refractivity contribution in [3.05, 3.63) is 64.1 Å². The first-order valence-corrected chi connectivity index (χ1v) is 9.60. The van der Waals surface area contributed by atoms with Gasteiger partial charge in [-0.3, -0.25) is 4.79 Å². The molecule has 3 rings (SSSR count). The van der Waals surface area contributed by atoms with Crippen LogP contribution in [0, 0.1) is 0 Å². The number of hydrogen-bond donors (Lipinski definition) is 1. The number of nitrogens with two attached hydrogens (primary N) is 1. The minimum Gasteiger partial charge on any atom is -0.267 e. The average molecular weight is 420 g/mol. The van der Waals surface area contributed by atoms with Gasteiger partial charge in [0.05, 0.1) is 21.9 Å². The van der Waals surface area contributed by atoms with Gasteiger partial charge in [-0.2, -0.15) is 10.1 Å². The second-order valence-corrected chi connectivity index (χ2v) is 7.93. The Kier molecular flexibility index (Phi) is 4.59. The molecule has 0 fully saturated rings. The Morgan fingerprint density at radius 3 is 2.44 bits per heavy atom. The quantitative estimate of drug-likeness (QED) is 0.774. The molecule has 1 amide bonds. The lowest BCUT2D eigenvalue weighted by atomic mass is 10.1. The van der Waals surface area contributed by atoms with Crippen molar-refractivity contribution < 1.29 is 13.2 Å². The number of carbonyl (C=O) groups is 1. The average Bonchev–Trinajstić information content (AvgIpc) is 2.82. The van der Waals surface area contributed by atoms with Crippen LogP contribution in [0.4, 0.5) is 5.69 Å². The molecule has 0 saturated carbocycles. The lowest BCUT2D eigenvalue weighted by Crippen LogP contribution is -2.21. The highest BCUT2D eigenvalue weighted by Crippen LogP contribution is 2.26. The Morgan fingerprint density at radius 2 is 1.84 bits per heavy atom. The van der Waals surface area contributed by atoms with E-state index in [2.05, 4.69) is 21.0 Å². The molecular formula is C17H14BrN3O3S. The molecule has 0 saturated heterocycles. The first-order chi connectivity index (χ1) is 11.8. The highest BCUT2D eigenvalue weighted by atomic mass is 79.9. The van der Waals surface area contributed by atoms with Gasteiger partial charge in [0.2, 0.25) is 10.0 Å². The van der Waals surface area contributed by atoms with E-state index in [4.69, 9.17) is 5.14 Å². The van der Waals surface area contributed by atoms with Gasteiger partial charge in [-0.25, -0.2) is 13.6 Å². The van der Waals surface area contributed by atoms with Gasteiger partial charge in [0.15, 0.2) is 0 Å². The fourth-order valence-electron chi connectivity index (χ4n) is 2.40. The van der Waals surface area contributed by atoms with Gasteiger partial charge in [0.1, 0.15) is 0 Å². The van der Waals surface area contributed by atoms with Crippen LogP contribution in [-0.4, -0.2) is 20.0 Å². The number of halogens is 1. The Labute approximate surface area is 153 Å². The van der Waals surface area contributed by atoms with E-state index in [0.29, 0.717) is 17.0 Å². The van der Waals surface area contributed by atoms with E-state index in [1.165, 1.54) is 29.3 Å². The van der Waals surface area contributed by atoms with E-state index in [0.717, 1.165) is 10.0 Å². The van der Waals surface area contributed by atoms with Crippen LogP contribution in [0.25, 0.3) is 6.08 Å². The van der Waals surface area contributed by atoms with E-state index in [9.17, 15) is 13.2 Å². The van der Waals surface area contributed by atoms with Crippen LogP contribution < -0.4 is 10.1 Å². The fourth-order valence-corrected chi connectivity index (χ4v) is 3.33. The number of nitrogens with zero attached hydrogens (tertiary/aromatic N) is 2. The van der Waals surface area contributed by atoms with Crippen LogP contribution in [-0.2, 0) is 14.8 Å². The molecule has 2 aromatic carbocycles. The summed E-state index contributed by atoms with van der Waals surface area (Å²) in [5, 5.41) is 10.6. The van der Waals surface area contributed by atoms with E-state index >= 15 is 0 Å². The number of hydrazone groups is 1. The van der Waals surface area contributed by atoms with Crippen LogP contribution in [0.15, 0.2) is 68.6 Å². The molecule has 1 heterocycles. The predicted octanol–water partition coefficient (Wildman–Crippen LogP) is 2.90. The molecule has 0 atom stereocenters. The number of sulfonamides is 1. The van der Waals surface area contributed by atoms with Crippen molar-refractivity contribution in [1.29, 1.82) is 0 Å². The predicted molar refractivity (Wildman–Crippen MR) is 101 cm³/mol. The zero-order chi connectivity index (χ0) is 18.2. The Balaban J connectivity index is 1.92. The summed E-state index contributed by atoms with van der Waals surface area (Å²) in [5.41, 5.74) is 2.40. The molecule has 2 N–H and O–H groups in total. The van der Waals surface area contributed by atoms with Crippen molar-refractivity contribution in [2.75, 3.05) is 5.01 Å². The number of amides is 1. The monoisotopic (exact) mass is 419 g/mol. The second kappa shape index (κ2) is 6.55. The second-order valence-electron chi connectivity index (χ2n) is 5.45. The van der Waals surface area contributed by atoms with E-state index in [1.54, 1.807) is 13.0 Å².